The second-order valence-corrected chi connectivity index (χ2v) is 8.80. The van der Waals surface area contributed by atoms with Crippen molar-refractivity contribution >= 4 is 21.7 Å². The van der Waals surface area contributed by atoms with Gasteiger partial charge in [0.2, 0.25) is 15.9 Å². The molecule has 2 N–H and O–H groups in total. The van der Waals surface area contributed by atoms with Crippen LogP contribution in [0.2, 0.25) is 0 Å². The van der Waals surface area contributed by atoms with Gasteiger partial charge in [-0.05, 0) is 25.8 Å². The minimum absolute atomic E-state index is 0.0367. The predicted molar refractivity (Wildman–Crippen MR) is 105 cm³/mol. The summed E-state index contributed by atoms with van der Waals surface area (Å²) in [7, 11) is -3.18. The Labute approximate surface area is 164 Å². The number of carbonyl (C=O) groups excluding carboxylic acids is 1. The number of piperidine rings is 1. The first-order valence-electron chi connectivity index (χ1n) is 9.14. The molecule has 152 valence electrons. The molecule has 1 amide bonds. The zero-order valence-electron chi connectivity index (χ0n) is 16.0. The third-order valence-electron chi connectivity index (χ3n) is 4.63. The van der Waals surface area contributed by atoms with E-state index in [0.29, 0.717) is 50.7 Å². The number of nitrogens with zero attached hydrogens (tertiary/aromatic N) is 5. The van der Waals surface area contributed by atoms with Gasteiger partial charge in [-0.15, -0.1) is 0 Å². The number of nitrogens with one attached hydrogen (secondary N) is 2. The molecule has 1 aliphatic heterocycles. The fourth-order valence-electron chi connectivity index (χ4n) is 3.08. The second kappa shape index (κ2) is 8.65. The molecule has 0 saturated carbocycles. The van der Waals surface area contributed by atoms with Crippen LogP contribution in [0.3, 0.4) is 0 Å². The Morgan fingerprint density at radius 1 is 1.25 bits per heavy atom. The maximum Gasteiger partial charge on any atom is 0.223 e. The fourth-order valence-corrected chi connectivity index (χ4v) is 3.96. The largest absolute Gasteiger partial charge is 0.368 e. The van der Waals surface area contributed by atoms with Crippen LogP contribution in [0.15, 0.2) is 24.7 Å². The van der Waals surface area contributed by atoms with Crippen LogP contribution in [0.5, 0.6) is 0 Å². The van der Waals surface area contributed by atoms with Gasteiger partial charge >= 0.3 is 0 Å². The van der Waals surface area contributed by atoms with Gasteiger partial charge < -0.3 is 10.6 Å². The molecule has 1 saturated heterocycles. The lowest BCUT2D eigenvalue weighted by Crippen LogP contribution is -2.43. The summed E-state index contributed by atoms with van der Waals surface area (Å²) in [6.07, 6.45) is 5.58. The molecule has 0 aromatic carbocycles. The summed E-state index contributed by atoms with van der Waals surface area (Å²) in [6.45, 7) is 3.66. The van der Waals surface area contributed by atoms with Crippen molar-refractivity contribution in [3.8, 4) is 5.82 Å². The van der Waals surface area contributed by atoms with E-state index in [0.717, 1.165) is 5.69 Å². The van der Waals surface area contributed by atoms with Gasteiger partial charge in [0.1, 0.15) is 12.1 Å². The number of aryl methyl sites for hydroxylation is 1. The quantitative estimate of drug-likeness (QED) is 0.627. The number of rotatable bonds is 7. The monoisotopic (exact) mass is 407 g/mol. The Morgan fingerprint density at radius 3 is 2.64 bits per heavy atom. The Morgan fingerprint density at radius 2 is 2.00 bits per heavy atom. The Kier molecular flexibility index (Phi) is 6.25. The number of hydrogen-bond acceptors (Lipinski definition) is 7. The Bertz CT molecular complexity index is 920. The van der Waals surface area contributed by atoms with Crippen molar-refractivity contribution in [1.29, 1.82) is 0 Å². The predicted octanol–water partition coefficient (Wildman–Crippen LogP) is 0.170. The molecular weight excluding hydrogens is 382 g/mol. The third kappa shape index (κ3) is 5.26. The molecule has 2 aromatic heterocycles. The van der Waals surface area contributed by atoms with Gasteiger partial charge in [0.05, 0.1) is 11.9 Å². The molecule has 0 bridgehead atoms. The lowest BCUT2D eigenvalue weighted by molar-refractivity contribution is -0.126. The summed E-state index contributed by atoms with van der Waals surface area (Å²) in [5.41, 5.74) is 0.901. The number of hydrogen-bond donors (Lipinski definition) is 2. The van der Waals surface area contributed by atoms with E-state index >= 15 is 0 Å². The normalized spacial score (nSPS) is 16.1. The van der Waals surface area contributed by atoms with Crippen LogP contribution >= 0.6 is 0 Å². The molecule has 3 heterocycles. The van der Waals surface area contributed by atoms with Crippen molar-refractivity contribution in [2.75, 3.05) is 37.8 Å². The van der Waals surface area contributed by atoms with E-state index in [-0.39, 0.29) is 11.8 Å². The van der Waals surface area contributed by atoms with Crippen molar-refractivity contribution < 1.29 is 13.2 Å². The number of anilines is 1. The summed E-state index contributed by atoms with van der Waals surface area (Å²) < 4.78 is 26.1. The molecule has 11 heteroatoms. The third-order valence-corrected chi connectivity index (χ3v) is 5.94. The molecular formula is C17H25N7O3S. The molecule has 3 rings (SSSR count). The molecule has 0 atom stereocenters. The number of sulfonamides is 1. The van der Waals surface area contributed by atoms with Gasteiger partial charge in [-0.3, -0.25) is 4.79 Å². The van der Waals surface area contributed by atoms with E-state index in [1.807, 2.05) is 19.2 Å². The Balaban J connectivity index is 1.42. The average molecular weight is 408 g/mol. The lowest BCUT2D eigenvalue weighted by atomic mass is 9.97. The zero-order valence-corrected chi connectivity index (χ0v) is 16.8. The van der Waals surface area contributed by atoms with E-state index in [1.54, 1.807) is 10.7 Å². The van der Waals surface area contributed by atoms with Crippen LogP contribution in [0, 0.1) is 12.8 Å². The smallest absolute Gasteiger partial charge is 0.223 e. The molecule has 0 unspecified atom stereocenters. The van der Waals surface area contributed by atoms with Crippen molar-refractivity contribution in [3.05, 3.63) is 30.4 Å². The van der Waals surface area contributed by atoms with Crippen LogP contribution in [0.25, 0.3) is 5.82 Å². The molecule has 10 nitrogen and oxygen atoms in total. The molecule has 0 aliphatic carbocycles. The van der Waals surface area contributed by atoms with Crippen LogP contribution in [-0.2, 0) is 14.8 Å². The van der Waals surface area contributed by atoms with E-state index in [2.05, 4.69) is 25.7 Å². The van der Waals surface area contributed by atoms with Gasteiger partial charge in [-0.1, -0.05) is 0 Å². The fraction of sp³-hybridized carbons (Fsp3) is 0.529. The van der Waals surface area contributed by atoms with Crippen LogP contribution < -0.4 is 10.6 Å². The van der Waals surface area contributed by atoms with Gasteiger partial charge in [0.25, 0.3) is 0 Å². The van der Waals surface area contributed by atoms with E-state index in [4.69, 9.17) is 0 Å². The highest BCUT2D eigenvalue weighted by molar-refractivity contribution is 7.88. The van der Waals surface area contributed by atoms with Crippen LogP contribution in [0.4, 0.5) is 5.82 Å². The minimum atomic E-state index is -3.18. The highest BCUT2D eigenvalue weighted by Gasteiger charge is 2.28. The number of amides is 1. The van der Waals surface area contributed by atoms with Crippen molar-refractivity contribution in [3.63, 3.8) is 0 Å². The summed E-state index contributed by atoms with van der Waals surface area (Å²) in [5, 5.41) is 10.4. The lowest BCUT2D eigenvalue weighted by Gasteiger charge is -2.29. The topological polar surface area (TPSA) is 122 Å². The van der Waals surface area contributed by atoms with Gasteiger partial charge in [-0.25, -0.2) is 27.4 Å². The molecule has 0 radical (unpaired) electrons. The zero-order chi connectivity index (χ0) is 20.1. The maximum absolute atomic E-state index is 12.3. The van der Waals surface area contributed by atoms with Crippen LogP contribution in [0.1, 0.15) is 18.5 Å². The Hall–Kier alpha value is -2.53. The summed E-state index contributed by atoms with van der Waals surface area (Å²) >= 11 is 0. The highest BCUT2D eigenvalue weighted by Crippen LogP contribution is 2.19. The number of carbonyl (C=O) groups is 1. The molecule has 1 aliphatic rings. The number of aromatic nitrogens is 4. The first-order valence-corrected chi connectivity index (χ1v) is 11.0. The standard InChI is InChI=1S/C17H25N7O3S/c1-13-3-10-24(22-13)16-11-15(20-12-21-16)18-6-7-19-17(25)14-4-8-23(9-5-14)28(2,26)27/h3,10-12,14H,4-9H2,1-2H3,(H,19,25)(H,18,20,21). The van der Waals surface area contributed by atoms with Crippen LogP contribution in [-0.4, -0.2) is 70.8 Å². The van der Waals surface area contributed by atoms with Crippen molar-refractivity contribution in [2.24, 2.45) is 5.92 Å². The molecule has 0 spiro atoms. The van der Waals surface area contributed by atoms with E-state index in [9.17, 15) is 13.2 Å². The summed E-state index contributed by atoms with van der Waals surface area (Å²) in [5.74, 6) is 1.12. The van der Waals surface area contributed by atoms with Gasteiger partial charge in [-0.2, -0.15) is 5.10 Å². The van der Waals surface area contributed by atoms with Crippen molar-refractivity contribution in [1.82, 2.24) is 29.4 Å². The van der Waals surface area contributed by atoms with E-state index in [1.165, 1.54) is 16.9 Å². The minimum Gasteiger partial charge on any atom is -0.368 e. The molecule has 1 fully saturated rings. The summed E-state index contributed by atoms with van der Waals surface area (Å²) in [4.78, 5) is 20.6. The SMILES string of the molecule is Cc1ccn(-c2cc(NCCNC(=O)C3CCN(S(C)(=O)=O)CC3)ncn2)n1. The first kappa shape index (κ1) is 20.2. The van der Waals surface area contributed by atoms with Crippen molar-refractivity contribution in [2.45, 2.75) is 19.8 Å². The average Bonchev–Trinajstić information content (AvgIpc) is 3.11. The highest BCUT2D eigenvalue weighted by atomic mass is 32.2. The first-order chi connectivity index (χ1) is 13.3. The molecule has 28 heavy (non-hydrogen) atoms. The maximum atomic E-state index is 12.3. The van der Waals surface area contributed by atoms with E-state index < -0.39 is 10.0 Å². The molecule has 2 aromatic rings. The second-order valence-electron chi connectivity index (χ2n) is 6.82. The summed E-state index contributed by atoms with van der Waals surface area (Å²) in [6, 6.07) is 3.68. The van der Waals surface area contributed by atoms with Gasteiger partial charge in [0.15, 0.2) is 5.82 Å². The van der Waals surface area contributed by atoms with Gasteiger partial charge in [0, 0.05) is 44.4 Å².